The lowest BCUT2D eigenvalue weighted by Gasteiger charge is -2.15. The lowest BCUT2D eigenvalue weighted by atomic mass is 10.2. The summed E-state index contributed by atoms with van der Waals surface area (Å²) >= 11 is 5.74. The van der Waals surface area contributed by atoms with Gasteiger partial charge < -0.3 is 4.90 Å². The maximum absolute atomic E-state index is 11.9. The highest BCUT2D eigenvalue weighted by Crippen LogP contribution is 2.25. The van der Waals surface area contributed by atoms with Crippen molar-refractivity contribution in [2.45, 2.75) is 13.3 Å². The number of amides is 1. The first-order chi connectivity index (χ1) is 7.97. The van der Waals surface area contributed by atoms with E-state index in [4.69, 9.17) is 11.6 Å². The van der Waals surface area contributed by atoms with Crippen LogP contribution in [0, 0.1) is 10.1 Å². The molecule has 0 bridgehead atoms. The molecule has 92 valence electrons. The third-order valence-corrected chi connectivity index (χ3v) is 2.60. The van der Waals surface area contributed by atoms with Crippen molar-refractivity contribution in [2.75, 3.05) is 13.6 Å². The van der Waals surface area contributed by atoms with Gasteiger partial charge in [0, 0.05) is 25.2 Å². The smallest absolute Gasteiger partial charge is 0.287 e. The first-order valence-electron chi connectivity index (χ1n) is 5.16. The van der Waals surface area contributed by atoms with Crippen LogP contribution in [0.15, 0.2) is 18.2 Å². The van der Waals surface area contributed by atoms with Crippen LogP contribution in [0.3, 0.4) is 0 Å². The molecule has 0 spiro atoms. The first kappa shape index (κ1) is 13.4. The summed E-state index contributed by atoms with van der Waals surface area (Å²) in [7, 11) is 1.68. The van der Waals surface area contributed by atoms with Crippen molar-refractivity contribution >= 4 is 23.2 Å². The number of nitro groups is 1. The Bertz CT molecular complexity index is 448. The Hall–Kier alpha value is -1.62. The zero-order valence-corrected chi connectivity index (χ0v) is 10.4. The van der Waals surface area contributed by atoms with Gasteiger partial charge in [-0.3, -0.25) is 14.9 Å². The van der Waals surface area contributed by atoms with Crippen molar-refractivity contribution in [3.63, 3.8) is 0 Å². The van der Waals surface area contributed by atoms with Crippen LogP contribution in [-0.4, -0.2) is 29.3 Å². The molecule has 17 heavy (non-hydrogen) atoms. The minimum Gasteiger partial charge on any atom is -0.342 e. The predicted molar refractivity (Wildman–Crippen MR) is 65.4 cm³/mol. The molecule has 1 amide bonds. The lowest BCUT2D eigenvalue weighted by molar-refractivity contribution is -0.384. The number of carbonyl (C=O) groups excluding carboxylic acids is 1. The summed E-state index contributed by atoms with van der Waals surface area (Å²) in [5.74, 6) is -0.191. The van der Waals surface area contributed by atoms with Gasteiger partial charge >= 0.3 is 0 Å². The molecule has 0 saturated carbocycles. The predicted octanol–water partition coefficient (Wildman–Crippen LogP) is 2.73. The van der Waals surface area contributed by atoms with Gasteiger partial charge in [0.15, 0.2) is 0 Å². The third-order valence-electron chi connectivity index (χ3n) is 2.30. The molecule has 5 nitrogen and oxygen atoms in total. The molecule has 0 atom stereocenters. The molecule has 0 N–H and O–H groups in total. The Labute approximate surface area is 104 Å². The molecular weight excluding hydrogens is 244 g/mol. The van der Waals surface area contributed by atoms with Gasteiger partial charge in [-0.25, -0.2) is 0 Å². The highest BCUT2D eigenvalue weighted by molar-refractivity contribution is 6.33. The molecule has 0 heterocycles. The minimum absolute atomic E-state index is 0.0225. The van der Waals surface area contributed by atoms with E-state index in [2.05, 4.69) is 0 Å². The molecular formula is C11H13ClN2O3. The van der Waals surface area contributed by atoms with Gasteiger partial charge in [-0.15, -0.1) is 0 Å². The molecule has 1 aromatic carbocycles. The van der Waals surface area contributed by atoms with Crippen molar-refractivity contribution < 1.29 is 9.72 Å². The largest absolute Gasteiger partial charge is 0.342 e. The van der Waals surface area contributed by atoms with E-state index >= 15 is 0 Å². The van der Waals surface area contributed by atoms with Crippen LogP contribution in [-0.2, 0) is 0 Å². The van der Waals surface area contributed by atoms with Crippen LogP contribution in [0.1, 0.15) is 23.7 Å². The number of nitro benzene ring substituents is 1. The summed E-state index contributed by atoms with van der Waals surface area (Å²) in [6, 6.07) is 3.99. The molecule has 0 fully saturated rings. The van der Waals surface area contributed by atoms with E-state index in [1.54, 1.807) is 11.9 Å². The van der Waals surface area contributed by atoms with E-state index in [0.717, 1.165) is 6.42 Å². The van der Waals surface area contributed by atoms with Gasteiger partial charge in [0.2, 0.25) is 0 Å². The monoisotopic (exact) mass is 256 g/mol. The van der Waals surface area contributed by atoms with E-state index in [-0.39, 0.29) is 16.6 Å². The highest BCUT2D eigenvalue weighted by Gasteiger charge is 2.17. The Morgan fingerprint density at radius 3 is 2.65 bits per heavy atom. The van der Waals surface area contributed by atoms with E-state index in [1.165, 1.54) is 18.2 Å². The van der Waals surface area contributed by atoms with Crippen LogP contribution >= 0.6 is 11.6 Å². The van der Waals surface area contributed by atoms with Crippen molar-refractivity contribution in [3.05, 3.63) is 38.9 Å². The number of benzene rings is 1. The van der Waals surface area contributed by atoms with E-state index in [0.29, 0.717) is 12.1 Å². The minimum atomic E-state index is -0.577. The van der Waals surface area contributed by atoms with Crippen LogP contribution < -0.4 is 0 Å². The Morgan fingerprint density at radius 1 is 1.53 bits per heavy atom. The van der Waals surface area contributed by atoms with Gasteiger partial charge in [0.1, 0.15) is 5.02 Å². The van der Waals surface area contributed by atoms with E-state index in [1.807, 2.05) is 6.92 Å². The second-order valence-corrected chi connectivity index (χ2v) is 4.06. The van der Waals surface area contributed by atoms with Crippen molar-refractivity contribution in [3.8, 4) is 0 Å². The standard InChI is InChI=1S/C11H13ClN2O3/c1-3-6-13(2)11(15)8-4-5-10(14(16)17)9(12)7-8/h4-5,7H,3,6H2,1-2H3. The number of rotatable bonds is 4. The molecule has 0 aromatic heterocycles. The second kappa shape index (κ2) is 5.63. The van der Waals surface area contributed by atoms with E-state index < -0.39 is 4.92 Å². The van der Waals surface area contributed by atoms with Crippen molar-refractivity contribution in [1.82, 2.24) is 4.90 Å². The van der Waals surface area contributed by atoms with Crippen molar-refractivity contribution in [1.29, 1.82) is 0 Å². The molecule has 1 rings (SSSR count). The molecule has 6 heteroatoms. The molecule has 0 aliphatic rings. The Morgan fingerprint density at radius 2 is 2.18 bits per heavy atom. The summed E-state index contributed by atoms with van der Waals surface area (Å²) < 4.78 is 0. The first-order valence-corrected chi connectivity index (χ1v) is 5.54. The maximum Gasteiger partial charge on any atom is 0.287 e. The fraction of sp³-hybridized carbons (Fsp3) is 0.364. The van der Waals surface area contributed by atoms with Gasteiger partial charge in [0.05, 0.1) is 4.92 Å². The fourth-order valence-corrected chi connectivity index (χ4v) is 1.69. The van der Waals surface area contributed by atoms with E-state index in [9.17, 15) is 14.9 Å². The van der Waals surface area contributed by atoms with Crippen LogP contribution in [0.5, 0.6) is 0 Å². The zero-order valence-electron chi connectivity index (χ0n) is 9.64. The zero-order chi connectivity index (χ0) is 13.0. The molecule has 0 radical (unpaired) electrons. The summed E-state index contributed by atoms with van der Waals surface area (Å²) in [6.07, 6.45) is 0.850. The third kappa shape index (κ3) is 3.17. The van der Waals surface area contributed by atoms with Crippen LogP contribution in [0.25, 0.3) is 0 Å². The summed E-state index contributed by atoms with van der Waals surface area (Å²) in [5, 5.41) is 10.5. The number of nitrogens with zero attached hydrogens (tertiary/aromatic N) is 2. The maximum atomic E-state index is 11.9. The second-order valence-electron chi connectivity index (χ2n) is 3.65. The average Bonchev–Trinajstić information content (AvgIpc) is 2.27. The lowest BCUT2D eigenvalue weighted by Crippen LogP contribution is -2.27. The van der Waals surface area contributed by atoms with Gasteiger partial charge in [-0.05, 0) is 18.6 Å². The topological polar surface area (TPSA) is 63.5 Å². The summed E-state index contributed by atoms with van der Waals surface area (Å²) in [5.41, 5.74) is 0.165. The normalized spacial score (nSPS) is 10.1. The molecule has 0 aliphatic carbocycles. The highest BCUT2D eigenvalue weighted by atomic mass is 35.5. The van der Waals surface area contributed by atoms with Gasteiger partial charge in [-0.2, -0.15) is 0 Å². The Kier molecular flexibility index (Phi) is 4.45. The number of halogens is 1. The number of carbonyl (C=O) groups is 1. The molecule has 1 aromatic rings. The van der Waals surface area contributed by atoms with Crippen LogP contribution in [0.2, 0.25) is 5.02 Å². The Balaban J connectivity index is 2.97. The fourth-order valence-electron chi connectivity index (χ4n) is 1.45. The number of hydrogen-bond donors (Lipinski definition) is 0. The molecule has 0 aliphatic heterocycles. The quantitative estimate of drug-likeness (QED) is 0.615. The summed E-state index contributed by atoms with van der Waals surface area (Å²) in [6.45, 7) is 2.60. The summed E-state index contributed by atoms with van der Waals surface area (Å²) in [4.78, 5) is 23.4. The van der Waals surface area contributed by atoms with Gasteiger partial charge in [-0.1, -0.05) is 18.5 Å². The average molecular weight is 257 g/mol. The van der Waals surface area contributed by atoms with Crippen molar-refractivity contribution in [2.24, 2.45) is 0 Å². The SMILES string of the molecule is CCCN(C)C(=O)c1ccc([N+](=O)[O-])c(Cl)c1. The van der Waals surface area contributed by atoms with Crippen LogP contribution in [0.4, 0.5) is 5.69 Å². The molecule has 0 saturated heterocycles. The number of hydrogen-bond acceptors (Lipinski definition) is 3. The molecule has 0 unspecified atom stereocenters. The van der Waals surface area contributed by atoms with Gasteiger partial charge in [0.25, 0.3) is 11.6 Å².